The van der Waals surface area contributed by atoms with Crippen molar-refractivity contribution in [1.29, 1.82) is 0 Å². The van der Waals surface area contributed by atoms with Crippen LogP contribution in [0.3, 0.4) is 0 Å². The number of hydrogen-bond donors (Lipinski definition) is 1. The van der Waals surface area contributed by atoms with Crippen LogP contribution in [0, 0.1) is 13.8 Å². The summed E-state index contributed by atoms with van der Waals surface area (Å²) < 4.78 is 4.92. The number of nitrogens with zero attached hydrogens (tertiary/aromatic N) is 5. The van der Waals surface area contributed by atoms with Crippen molar-refractivity contribution in [2.75, 3.05) is 11.1 Å². The van der Waals surface area contributed by atoms with Gasteiger partial charge < -0.3 is 9.84 Å². The van der Waals surface area contributed by atoms with Crippen LogP contribution in [-0.2, 0) is 4.79 Å². The fourth-order valence-corrected chi connectivity index (χ4v) is 4.14. The Labute approximate surface area is 174 Å². The number of anilines is 1. The molecule has 0 aromatic carbocycles. The van der Waals surface area contributed by atoms with E-state index in [-0.39, 0.29) is 11.7 Å². The van der Waals surface area contributed by atoms with E-state index in [1.165, 1.54) is 11.8 Å². The lowest BCUT2D eigenvalue weighted by Crippen LogP contribution is -2.14. The van der Waals surface area contributed by atoms with Gasteiger partial charge in [0, 0.05) is 24.0 Å². The number of amides is 1. The third kappa shape index (κ3) is 4.66. The van der Waals surface area contributed by atoms with E-state index in [9.17, 15) is 4.79 Å². The molecule has 0 unspecified atom stereocenters. The molecular weight excluding hydrogens is 408 g/mol. The van der Waals surface area contributed by atoms with Crippen LogP contribution in [0.15, 0.2) is 52.3 Å². The number of carbonyl (C=O) groups excluding carboxylic acids is 1. The number of aromatic nitrogens is 5. The molecule has 0 aliphatic rings. The van der Waals surface area contributed by atoms with Crippen molar-refractivity contribution < 1.29 is 9.32 Å². The van der Waals surface area contributed by atoms with Crippen molar-refractivity contribution >= 4 is 34.8 Å². The first-order valence-corrected chi connectivity index (χ1v) is 10.5. The molecule has 4 aromatic rings. The zero-order valence-electron chi connectivity index (χ0n) is 15.6. The second-order valence-corrected chi connectivity index (χ2v) is 8.09. The zero-order valence-corrected chi connectivity index (χ0v) is 17.3. The molecule has 4 heterocycles. The Morgan fingerprint density at radius 3 is 2.83 bits per heavy atom. The third-order valence-electron chi connectivity index (χ3n) is 3.82. The summed E-state index contributed by atoms with van der Waals surface area (Å²) in [7, 11) is 0. The van der Waals surface area contributed by atoms with Crippen molar-refractivity contribution in [2.24, 2.45) is 0 Å². The number of nitrogens with one attached hydrogen (secondary N) is 1. The summed E-state index contributed by atoms with van der Waals surface area (Å²) in [6.45, 7) is 3.71. The predicted molar refractivity (Wildman–Crippen MR) is 112 cm³/mol. The maximum absolute atomic E-state index is 12.0. The van der Waals surface area contributed by atoms with Gasteiger partial charge in [-0.1, -0.05) is 16.9 Å². The van der Waals surface area contributed by atoms with Crippen LogP contribution in [0.1, 0.15) is 11.5 Å². The van der Waals surface area contributed by atoms with E-state index in [1.807, 2.05) is 31.2 Å². The standard InChI is InChI=1S/C19H16N6O2S2/c1-11-8-15(25-27-11)22-16(26)10-28-17-6-5-14(23-24-17)18-12(2)21-19(29-18)13-4-3-7-20-9-13/h3-9H,10H2,1-2H3,(H,22,25,26). The number of thioether (sulfide) groups is 1. The van der Waals surface area contributed by atoms with Gasteiger partial charge in [-0.05, 0) is 38.1 Å². The van der Waals surface area contributed by atoms with E-state index in [0.717, 1.165) is 26.8 Å². The SMILES string of the molecule is Cc1cc(NC(=O)CSc2ccc(-c3sc(-c4cccnc4)nc3C)nn2)no1. The monoisotopic (exact) mass is 424 g/mol. The van der Waals surface area contributed by atoms with Gasteiger partial charge in [-0.15, -0.1) is 21.5 Å². The molecule has 10 heteroatoms. The van der Waals surface area contributed by atoms with Crippen LogP contribution < -0.4 is 5.32 Å². The molecular formula is C19H16N6O2S2. The summed E-state index contributed by atoms with van der Waals surface area (Å²) in [5.74, 6) is 1.05. The first-order chi connectivity index (χ1) is 14.1. The topological polar surface area (TPSA) is 107 Å². The molecule has 0 aliphatic carbocycles. The summed E-state index contributed by atoms with van der Waals surface area (Å²) in [5.41, 5.74) is 2.62. The van der Waals surface area contributed by atoms with E-state index in [1.54, 1.807) is 36.7 Å². The smallest absolute Gasteiger partial charge is 0.236 e. The Hall–Kier alpha value is -3.11. The van der Waals surface area contributed by atoms with Gasteiger partial charge in [-0.3, -0.25) is 9.78 Å². The average Bonchev–Trinajstić information content (AvgIpc) is 3.33. The molecule has 0 bridgehead atoms. The van der Waals surface area contributed by atoms with Gasteiger partial charge in [0.2, 0.25) is 5.91 Å². The summed E-state index contributed by atoms with van der Waals surface area (Å²) in [6, 6.07) is 9.27. The second-order valence-electron chi connectivity index (χ2n) is 6.09. The average molecular weight is 425 g/mol. The minimum absolute atomic E-state index is 0.186. The number of pyridine rings is 1. The van der Waals surface area contributed by atoms with Gasteiger partial charge >= 0.3 is 0 Å². The van der Waals surface area contributed by atoms with Crippen molar-refractivity contribution in [3.8, 4) is 21.1 Å². The van der Waals surface area contributed by atoms with Crippen LogP contribution >= 0.6 is 23.1 Å². The fraction of sp³-hybridized carbons (Fsp3) is 0.158. The Morgan fingerprint density at radius 1 is 1.24 bits per heavy atom. The van der Waals surface area contributed by atoms with Gasteiger partial charge in [0.1, 0.15) is 21.5 Å². The molecule has 29 heavy (non-hydrogen) atoms. The van der Waals surface area contributed by atoms with E-state index in [2.05, 4.69) is 30.6 Å². The number of hydrogen-bond acceptors (Lipinski definition) is 9. The summed E-state index contributed by atoms with van der Waals surface area (Å²) in [5, 5.41) is 16.5. The first-order valence-electron chi connectivity index (χ1n) is 8.66. The molecule has 0 atom stereocenters. The zero-order chi connectivity index (χ0) is 20.2. The van der Waals surface area contributed by atoms with Crippen LogP contribution in [-0.4, -0.2) is 37.0 Å². The predicted octanol–water partition coefficient (Wildman–Crippen LogP) is 4.00. The largest absolute Gasteiger partial charge is 0.360 e. The van der Waals surface area contributed by atoms with Crippen molar-refractivity contribution in [1.82, 2.24) is 25.3 Å². The van der Waals surface area contributed by atoms with E-state index < -0.39 is 0 Å². The van der Waals surface area contributed by atoms with Crippen molar-refractivity contribution in [3.63, 3.8) is 0 Å². The van der Waals surface area contributed by atoms with Crippen molar-refractivity contribution in [2.45, 2.75) is 18.9 Å². The molecule has 4 rings (SSSR count). The number of carbonyl (C=O) groups is 1. The van der Waals surface area contributed by atoms with Crippen LogP contribution in [0.25, 0.3) is 21.1 Å². The Bertz CT molecular complexity index is 1130. The molecule has 146 valence electrons. The quantitative estimate of drug-likeness (QED) is 0.463. The molecule has 8 nitrogen and oxygen atoms in total. The molecule has 0 spiro atoms. The van der Waals surface area contributed by atoms with Gasteiger partial charge in [-0.2, -0.15) is 0 Å². The molecule has 1 amide bonds. The van der Waals surface area contributed by atoms with Crippen LogP contribution in [0.2, 0.25) is 0 Å². The Morgan fingerprint density at radius 2 is 2.14 bits per heavy atom. The summed E-state index contributed by atoms with van der Waals surface area (Å²) in [4.78, 5) is 21.7. The minimum atomic E-state index is -0.186. The fourth-order valence-electron chi connectivity index (χ4n) is 2.51. The van der Waals surface area contributed by atoms with Gasteiger partial charge in [0.15, 0.2) is 5.82 Å². The Kier molecular flexibility index (Phi) is 5.63. The molecule has 4 aromatic heterocycles. The third-order valence-corrected chi connectivity index (χ3v) is 5.97. The van der Waals surface area contributed by atoms with E-state index in [4.69, 9.17) is 4.52 Å². The van der Waals surface area contributed by atoms with Gasteiger partial charge in [0.05, 0.1) is 16.3 Å². The van der Waals surface area contributed by atoms with Crippen LogP contribution in [0.5, 0.6) is 0 Å². The maximum Gasteiger partial charge on any atom is 0.236 e. The Balaban J connectivity index is 1.40. The van der Waals surface area contributed by atoms with E-state index in [0.29, 0.717) is 16.6 Å². The second kappa shape index (κ2) is 8.50. The molecule has 0 aliphatic heterocycles. The summed E-state index contributed by atoms with van der Waals surface area (Å²) >= 11 is 2.85. The molecule has 0 radical (unpaired) electrons. The van der Waals surface area contributed by atoms with Crippen LogP contribution in [0.4, 0.5) is 5.82 Å². The molecule has 0 saturated carbocycles. The summed E-state index contributed by atoms with van der Waals surface area (Å²) in [6.07, 6.45) is 3.53. The highest BCUT2D eigenvalue weighted by Crippen LogP contribution is 2.34. The molecule has 1 N–H and O–H groups in total. The normalized spacial score (nSPS) is 10.8. The highest BCUT2D eigenvalue weighted by atomic mass is 32.2. The lowest BCUT2D eigenvalue weighted by Gasteiger charge is -2.02. The van der Waals surface area contributed by atoms with Gasteiger partial charge in [0.25, 0.3) is 0 Å². The molecule has 0 fully saturated rings. The van der Waals surface area contributed by atoms with E-state index >= 15 is 0 Å². The maximum atomic E-state index is 12.0. The first kappa shape index (κ1) is 19.2. The van der Waals surface area contributed by atoms with Crippen molar-refractivity contribution in [3.05, 3.63) is 54.2 Å². The number of aryl methyl sites for hydroxylation is 2. The number of thiazole rings is 1. The number of rotatable bonds is 6. The minimum Gasteiger partial charge on any atom is -0.360 e. The highest BCUT2D eigenvalue weighted by Gasteiger charge is 2.14. The van der Waals surface area contributed by atoms with Gasteiger partial charge in [-0.25, -0.2) is 4.98 Å². The lowest BCUT2D eigenvalue weighted by atomic mass is 10.3. The lowest BCUT2D eigenvalue weighted by molar-refractivity contribution is -0.113. The molecule has 0 saturated heterocycles. The highest BCUT2D eigenvalue weighted by molar-refractivity contribution is 7.99.